The van der Waals surface area contributed by atoms with E-state index in [1.165, 1.54) is 11.1 Å². The van der Waals surface area contributed by atoms with Crippen molar-refractivity contribution in [2.45, 2.75) is 45.4 Å². The van der Waals surface area contributed by atoms with E-state index in [4.69, 9.17) is 29.9 Å². The van der Waals surface area contributed by atoms with Crippen LogP contribution in [0.3, 0.4) is 0 Å². The first kappa shape index (κ1) is 28.1. The van der Waals surface area contributed by atoms with Gasteiger partial charge < -0.3 is 0 Å². The van der Waals surface area contributed by atoms with Gasteiger partial charge in [0.15, 0.2) is 23.3 Å². The summed E-state index contributed by atoms with van der Waals surface area (Å²) in [6, 6.07) is 32.9. The summed E-state index contributed by atoms with van der Waals surface area (Å²) in [7, 11) is 2.98. The second kappa shape index (κ2) is 10.5. The van der Waals surface area contributed by atoms with Crippen molar-refractivity contribution < 1.29 is 0 Å². The molecule has 4 aromatic carbocycles. The third kappa shape index (κ3) is 4.61. The summed E-state index contributed by atoms with van der Waals surface area (Å²) in [5.41, 5.74) is 6.17. The molecule has 0 N–H and O–H groups in total. The van der Waals surface area contributed by atoms with Gasteiger partial charge in [0.25, 0.3) is 0 Å². The Morgan fingerprint density at radius 3 is 1.45 bits per heavy atom. The zero-order chi connectivity index (χ0) is 30.6. The Morgan fingerprint density at radius 2 is 0.909 bits per heavy atom. The van der Waals surface area contributed by atoms with E-state index in [0.29, 0.717) is 34.9 Å². The standard InChI is InChI=1S/C37H33N6P/c1-22-25-18-12-20-27(22)36(2,3)28-21-13-19-26(29(28)44)33-39-31(24-16-10-7-11-17-24)41-35(43-33)37(4,5)34-40-30(38-32(25)42-34)23-14-8-6-9-15-23/h6-21H,44H2,1-5H3. The monoisotopic (exact) mass is 592 g/mol. The summed E-state index contributed by atoms with van der Waals surface area (Å²) in [6.45, 7) is 10.9. The highest BCUT2D eigenvalue weighted by Gasteiger charge is 2.35. The Balaban J connectivity index is 1.61. The fourth-order valence-corrected chi connectivity index (χ4v) is 6.77. The first-order chi connectivity index (χ1) is 21.1. The Morgan fingerprint density at radius 1 is 0.455 bits per heavy atom. The molecule has 1 aliphatic rings. The minimum atomic E-state index is -0.782. The molecule has 8 bridgehead atoms. The van der Waals surface area contributed by atoms with Gasteiger partial charge in [0.2, 0.25) is 0 Å². The third-order valence-electron chi connectivity index (χ3n) is 8.72. The number of rotatable bonds is 2. The number of fused-ring (bicyclic) bond motifs is 10. The molecule has 1 atom stereocenters. The first-order valence-corrected chi connectivity index (χ1v) is 15.4. The lowest BCUT2D eigenvalue weighted by atomic mass is 9.75. The van der Waals surface area contributed by atoms with Crippen molar-refractivity contribution in [2.75, 3.05) is 0 Å². The first-order valence-electron chi connectivity index (χ1n) is 14.8. The molecule has 0 saturated heterocycles. The molecular weight excluding hydrogens is 559 g/mol. The van der Waals surface area contributed by atoms with Crippen molar-refractivity contribution in [3.8, 4) is 45.6 Å². The maximum absolute atomic E-state index is 5.16. The van der Waals surface area contributed by atoms with E-state index < -0.39 is 5.41 Å². The van der Waals surface area contributed by atoms with Crippen LogP contribution in [0.4, 0.5) is 0 Å². The molecule has 1 unspecified atom stereocenters. The summed E-state index contributed by atoms with van der Waals surface area (Å²) >= 11 is 0. The van der Waals surface area contributed by atoms with E-state index in [0.717, 1.165) is 33.1 Å². The Bertz CT molecular complexity index is 1890. The van der Waals surface area contributed by atoms with Gasteiger partial charge in [0, 0.05) is 27.7 Å². The molecule has 3 heterocycles. The summed E-state index contributed by atoms with van der Waals surface area (Å²) in [4.78, 5) is 30.5. The van der Waals surface area contributed by atoms with Crippen molar-refractivity contribution >= 4 is 14.5 Å². The second-order valence-corrected chi connectivity index (χ2v) is 12.9. The second-order valence-electron chi connectivity index (χ2n) is 12.3. The molecular formula is C37H33N6P. The SMILES string of the molecule is Cc1c2cccc1C(C)(C)c1cccc(c1P)-c1nc(-c3ccccc3)nc(n1)C(C)(C)c1nc(-c3ccccc3)nc-2n1. The molecule has 7 heteroatoms. The van der Waals surface area contributed by atoms with Crippen LogP contribution in [0.25, 0.3) is 45.6 Å². The molecule has 0 aliphatic carbocycles. The van der Waals surface area contributed by atoms with Crippen LogP contribution in [0.5, 0.6) is 0 Å². The van der Waals surface area contributed by atoms with Gasteiger partial charge >= 0.3 is 0 Å². The average molecular weight is 593 g/mol. The van der Waals surface area contributed by atoms with Crippen LogP contribution in [0.1, 0.15) is 56.0 Å². The topological polar surface area (TPSA) is 77.3 Å². The third-order valence-corrected chi connectivity index (χ3v) is 9.34. The normalized spacial score (nSPS) is 14.5. The largest absolute Gasteiger partial charge is 0.212 e. The summed E-state index contributed by atoms with van der Waals surface area (Å²) < 4.78 is 0. The van der Waals surface area contributed by atoms with Crippen LogP contribution < -0.4 is 5.30 Å². The van der Waals surface area contributed by atoms with Crippen LogP contribution in [0.2, 0.25) is 0 Å². The van der Waals surface area contributed by atoms with E-state index >= 15 is 0 Å². The van der Waals surface area contributed by atoms with E-state index in [2.05, 4.69) is 80.3 Å². The van der Waals surface area contributed by atoms with Crippen LogP contribution in [0, 0.1) is 6.92 Å². The van der Waals surface area contributed by atoms with Gasteiger partial charge in [0.05, 0.1) is 5.41 Å². The number of nitrogens with zero attached hydrogens (tertiary/aromatic N) is 6. The highest BCUT2D eigenvalue weighted by Crippen LogP contribution is 2.39. The minimum Gasteiger partial charge on any atom is -0.212 e. The van der Waals surface area contributed by atoms with Crippen LogP contribution >= 0.6 is 9.24 Å². The van der Waals surface area contributed by atoms with E-state index in [9.17, 15) is 0 Å². The number of aromatic nitrogens is 6. The number of hydrogen-bond acceptors (Lipinski definition) is 6. The lowest BCUT2D eigenvalue weighted by Gasteiger charge is -2.31. The van der Waals surface area contributed by atoms with Gasteiger partial charge in [-0.15, -0.1) is 9.24 Å². The van der Waals surface area contributed by atoms with Crippen molar-refractivity contribution in [3.63, 3.8) is 0 Å². The Hall–Kier alpha value is -4.67. The molecule has 0 spiro atoms. The summed E-state index contributed by atoms with van der Waals surface area (Å²) in [5, 5.41) is 1.06. The highest BCUT2D eigenvalue weighted by atomic mass is 31.0. The lowest BCUT2D eigenvalue weighted by Crippen LogP contribution is -2.29. The number of hydrogen-bond donors (Lipinski definition) is 0. The zero-order valence-electron chi connectivity index (χ0n) is 25.5. The molecule has 0 radical (unpaired) electrons. The van der Waals surface area contributed by atoms with Crippen LogP contribution in [-0.2, 0) is 10.8 Å². The maximum atomic E-state index is 5.16. The molecule has 216 valence electrons. The van der Waals surface area contributed by atoms with Gasteiger partial charge in [-0.1, -0.05) is 111 Å². The van der Waals surface area contributed by atoms with E-state index in [-0.39, 0.29) is 5.41 Å². The molecule has 2 aromatic heterocycles. The van der Waals surface area contributed by atoms with Crippen molar-refractivity contribution in [1.29, 1.82) is 0 Å². The molecule has 0 amide bonds. The van der Waals surface area contributed by atoms with E-state index in [1.54, 1.807) is 0 Å². The lowest BCUT2D eigenvalue weighted by molar-refractivity contribution is 0.546. The Labute approximate surface area is 260 Å². The molecule has 44 heavy (non-hydrogen) atoms. The Kier molecular flexibility index (Phi) is 6.71. The minimum absolute atomic E-state index is 0.340. The van der Waals surface area contributed by atoms with Gasteiger partial charge in [-0.2, -0.15) is 0 Å². The maximum Gasteiger partial charge on any atom is 0.164 e. The number of benzene rings is 4. The van der Waals surface area contributed by atoms with Gasteiger partial charge in [0.1, 0.15) is 11.6 Å². The molecule has 6 nitrogen and oxygen atoms in total. The van der Waals surface area contributed by atoms with Crippen molar-refractivity contribution in [2.24, 2.45) is 0 Å². The smallest absolute Gasteiger partial charge is 0.164 e. The quantitative estimate of drug-likeness (QED) is 0.194. The summed E-state index contributed by atoms with van der Waals surface area (Å²) in [5.74, 6) is 3.66. The van der Waals surface area contributed by atoms with Gasteiger partial charge in [-0.25, -0.2) is 29.9 Å². The fourth-order valence-electron chi connectivity index (χ4n) is 6.09. The van der Waals surface area contributed by atoms with Gasteiger partial charge in [-0.05, 0) is 42.8 Å². The van der Waals surface area contributed by atoms with Crippen LogP contribution in [-0.4, -0.2) is 29.9 Å². The molecule has 7 rings (SSSR count). The van der Waals surface area contributed by atoms with Crippen molar-refractivity contribution in [3.05, 3.63) is 125 Å². The average Bonchev–Trinajstić information content (AvgIpc) is 3.04. The van der Waals surface area contributed by atoms with Crippen LogP contribution in [0.15, 0.2) is 97.1 Å². The predicted molar refractivity (Wildman–Crippen MR) is 180 cm³/mol. The predicted octanol–water partition coefficient (Wildman–Crippen LogP) is 7.50. The van der Waals surface area contributed by atoms with Gasteiger partial charge in [-0.3, -0.25) is 0 Å². The zero-order valence-corrected chi connectivity index (χ0v) is 26.7. The molecule has 0 fully saturated rings. The van der Waals surface area contributed by atoms with Crippen molar-refractivity contribution in [1.82, 2.24) is 29.9 Å². The summed E-state index contributed by atoms with van der Waals surface area (Å²) in [6.07, 6.45) is 0. The molecule has 6 aromatic rings. The van der Waals surface area contributed by atoms with E-state index in [1.807, 2.05) is 60.7 Å². The molecule has 0 saturated carbocycles. The molecule has 1 aliphatic heterocycles. The highest BCUT2D eigenvalue weighted by molar-refractivity contribution is 7.28. The fraction of sp³-hybridized carbons (Fsp3) is 0.189.